The molecule has 5 nitrogen and oxygen atoms in total. The average molecular weight is 250 g/mol. The Hall–Kier alpha value is -1.36. The Morgan fingerprint density at radius 3 is 2.83 bits per heavy atom. The molecule has 1 N–H and O–H groups in total. The van der Waals surface area contributed by atoms with E-state index in [1.165, 1.54) is 0 Å². The summed E-state index contributed by atoms with van der Waals surface area (Å²) in [6, 6.07) is 0.502. The summed E-state index contributed by atoms with van der Waals surface area (Å²) in [6.45, 7) is 7.28. The van der Waals surface area contributed by atoms with Crippen LogP contribution in [0.15, 0.2) is 12.4 Å². The molecule has 1 fully saturated rings. The number of nitrogens with zero attached hydrogens (tertiary/aromatic N) is 3. The maximum atomic E-state index is 11.2. The first-order chi connectivity index (χ1) is 8.70. The van der Waals surface area contributed by atoms with Crippen molar-refractivity contribution in [2.24, 2.45) is 0 Å². The van der Waals surface area contributed by atoms with Crippen molar-refractivity contribution in [3.05, 3.63) is 18.2 Å². The first kappa shape index (κ1) is 13.1. The van der Waals surface area contributed by atoms with E-state index in [4.69, 9.17) is 0 Å². The van der Waals surface area contributed by atoms with Crippen molar-refractivity contribution < 1.29 is 4.79 Å². The fourth-order valence-electron chi connectivity index (χ4n) is 2.43. The lowest BCUT2D eigenvalue weighted by Gasteiger charge is -2.31. The molecule has 100 valence electrons. The first-order valence-electron chi connectivity index (χ1n) is 6.69. The third kappa shape index (κ3) is 3.10. The molecule has 0 aromatic carbocycles. The zero-order valence-corrected chi connectivity index (χ0v) is 11.2. The Balaban J connectivity index is 1.77. The van der Waals surface area contributed by atoms with Gasteiger partial charge in [0.05, 0.1) is 6.54 Å². The van der Waals surface area contributed by atoms with Crippen LogP contribution in [-0.4, -0.2) is 39.5 Å². The summed E-state index contributed by atoms with van der Waals surface area (Å²) in [4.78, 5) is 17.5. The highest BCUT2D eigenvalue weighted by molar-refractivity contribution is 5.73. The zero-order valence-electron chi connectivity index (χ0n) is 11.2. The van der Waals surface area contributed by atoms with Crippen molar-refractivity contribution in [2.45, 2.75) is 45.8 Å². The molecule has 0 spiro atoms. The fourth-order valence-corrected chi connectivity index (χ4v) is 2.43. The van der Waals surface area contributed by atoms with Crippen LogP contribution >= 0.6 is 0 Å². The number of nitrogens with one attached hydrogen (secondary N) is 1. The standard InChI is InChI=1S/C13H22N4O/c1-3-16-9-6-14-13(16)10-15-12-4-7-17(8-5-12)11(2)18/h6,9,12,15H,3-5,7-8,10H2,1-2H3. The third-order valence-electron chi connectivity index (χ3n) is 3.63. The molecule has 1 aromatic heterocycles. The molecule has 0 aliphatic carbocycles. The number of hydrogen-bond acceptors (Lipinski definition) is 3. The highest BCUT2D eigenvalue weighted by Gasteiger charge is 2.20. The van der Waals surface area contributed by atoms with E-state index in [1.807, 2.05) is 17.3 Å². The van der Waals surface area contributed by atoms with Gasteiger partial charge in [-0.1, -0.05) is 0 Å². The molecule has 0 radical (unpaired) electrons. The normalized spacial score (nSPS) is 17.1. The van der Waals surface area contributed by atoms with Gasteiger partial charge in [0.15, 0.2) is 0 Å². The van der Waals surface area contributed by atoms with E-state index in [0.717, 1.165) is 44.8 Å². The number of carbonyl (C=O) groups is 1. The second-order valence-electron chi connectivity index (χ2n) is 4.79. The summed E-state index contributed by atoms with van der Waals surface area (Å²) >= 11 is 0. The van der Waals surface area contributed by atoms with E-state index < -0.39 is 0 Å². The van der Waals surface area contributed by atoms with Crippen molar-refractivity contribution in [3.63, 3.8) is 0 Å². The predicted octanol–water partition coefficient (Wildman–Crippen LogP) is 1.00. The number of amides is 1. The summed E-state index contributed by atoms with van der Waals surface area (Å²) < 4.78 is 2.15. The van der Waals surface area contributed by atoms with Crippen LogP contribution in [0.5, 0.6) is 0 Å². The van der Waals surface area contributed by atoms with Crippen LogP contribution in [-0.2, 0) is 17.9 Å². The Kier molecular flexibility index (Phi) is 4.36. The van der Waals surface area contributed by atoms with E-state index in [0.29, 0.717) is 6.04 Å². The van der Waals surface area contributed by atoms with Crippen molar-refractivity contribution in [1.29, 1.82) is 0 Å². The molecular formula is C13H22N4O. The van der Waals surface area contributed by atoms with Gasteiger partial charge in [0.25, 0.3) is 0 Å². The van der Waals surface area contributed by atoms with Gasteiger partial charge < -0.3 is 14.8 Å². The van der Waals surface area contributed by atoms with E-state index in [-0.39, 0.29) is 5.91 Å². The molecule has 1 amide bonds. The molecule has 5 heteroatoms. The van der Waals surface area contributed by atoms with Crippen molar-refractivity contribution in [3.8, 4) is 0 Å². The number of likely N-dealkylation sites (tertiary alicyclic amines) is 1. The smallest absolute Gasteiger partial charge is 0.219 e. The second-order valence-corrected chi connectivity index (χ2v) is 4.79. The number of piperidine rings is 1. The molecule has 1 saturated heterocycles. The third-order valence-corrected chi connectivity index (χ3v) is 3.63. The molecule has 0 bridgehead atoms. The van der Waals surface area contributed by atoms with E-state index >= 15 is 0 Å². The van der Waals surface area contributed by atoms with E-state index in [1.54, 1.807) is 6.92 Å². The molecule has 1 aromatic rings. The highest BCUT2D eigenvalue weighted by Crippen LogP contribution is 2.11. The number of aromatic nitrogens is 2. The predicted molar refractivity (Wildman–Crippen MR) is 70.0 cm³/mol. The SMILES string of the molecule is CCn1ccnc1CNC1CCN(C(C)=O)CC1. The van der Waals surface area contributed by atoms with Gasteiger partial charge in [-0.25, -0.2) is 4.98 Å². The topological polar surface area (TPSA) is 50.2 Å². The van der Waals surface area contributed by atoms with Gasteiger partial charge in [0, 0.05) is 45.0 Å². The lowest BCUT2D eigenvalue weighted by Crippen LogP contribution is -2.44. The monoisotopic (exact) mass is 250 g/mol. The van der Waals surface area contributed by atoms with Crippen LogP contribution in [0.1, 0.15) is 32.5 Å². The molecule has 0 unspecified atom stereocenters. The molecule has 1 aliphatic rings. The van der Waals surface area contributed by atoms with Crippen molar-refractivity contribution in [1.82, 2.24) is 19.8 Å². The molecule has 0 saturated carbocycles. The minimum Gasteiger partial charge on any atom is -0.343 e. The van der Waals surface area contributed by atoms with Crippen LogP contribution in [0.2, 0.25) is 0 Å². The summed E-state index contributed by atoms with van der Waals surface area (Å²) in [7, 11) is 0. The van der Waals surface area contributed by atoms with Crippen LogP contribution in [0, 0.1) is 0 Å². The Labute approximate surface area is 108 Å². The molecule has 18 heavy (non-hydrogen) atoms. The number of carbonyl (C=O) groups excluding carboxylic acids is 1. The lowest BCUT2D eigenvalue weighted by atomic mass is 10.1. The van der Waals surface area contributed by atoms with E-state index in [2.05, 4.69) is 21.8 Å². The quantitative estimate of drug-likeness (QED) is 0.867. The van der Waals surface area contributed by atoms with Gasteiger partial charge in [-0.15, -0.1) is 0 Å². The van der Waals surface area contributed by atoms with Crippen molar-refractivity contribution in [2.75, 3.05) is 13.1 Å². The van der Waals surface area contributed by atoms with Gasteiger partial charge in [-0.05, 0) is 19.8 Å². The Bertz CT molecular complexity index is 393. The number of imidazole rings is 1. The minimum atomic E-state index is 0.190. The average Bonchev–Trinajstić information content (AvgIpc) is 2.84. The summed E-state index contributed by atoms with van der Waals surface area (Å²) in [6.07, 6.45) is 5.92. The lowest BCUT2D eigenvalue weighted by molar-refractivity contribution is -0.129. The largest absolute Gasteiger partial charge is 0.343 e. The molecular weight excluding hydrogens is 228 g/mol. The van der Waals surface area contributed by atoms with Gasteiger partial charge in [-0.3, -0.25) is 4.79 Å². The number of hydrogen-bond donors (Lipinski definition) is 1. The number of rotatable bonds is 4. The minimum absolute atomic E-state index is 0.190. The van der Waals surface area contributed by atoms with Crippen LogP contribution in [0.3, 0.4) is 0 Å². The second kappa shape index (κ2) is 6.00. The molecule has 0 atom stereocenters. The van der Waals surface area contributed by atoms with Crippen LogP contribution in [0.25, 0.3) is 0 Å². The molecule has 1 aliphatic heterocycles. The van der Waals surface area contributed by atoms with Crippen molar-refractivity contribution >= 4 is 5.91 Å². The number of aryl methyl sites for hydroxylation is 1. The van der Waals surface area contributed by atoms with Gasteiger partial charge >= 0.3 is 0 Å². The van der Waals surface area contributed by atoms with E-state index in [9.17, 15) is 4.79 Å². The van der Waals surface area contributed by atoms with Gasteiger partial charge in [0.2, 0.25) is 5.91 Å². The molecule has 2 rings (SSSR count). The van der Waals surface area contributed by atoms with Crippen LogP contribution in [0.4, 0.5) is 0 Å². The van der Waals surface area contributed by atoms with Crippen LogP contribution < -0.4 is 5.32 Å². The summed E-state index contributed by atoms with van der Waals surface area (Å²) in [5.74, 6) is 1.28. The maximum Gasteiger partial charge on any atom is 0.219 e. The Morgan fingerprint density at radius 2 is 2.22 bits per heavy atom. The fraction of sp³-hybridized carbons (Fsp3) is 0.692. The molecule has 2 heterocycles. The Morgan fingerprint density at radius 1 is 1.50 bits per heavy atom. The first-order valence-corrected chi connectivity index (χ1v) is 6.69. The maximum absolute atomic E-state index is 11.2. The summed E-state index contributed by atoms with van der Waals surface area (Å²) in [5, 5.41) is 3.54. The highest BCUT2D eigenvalue weighted by atomic mass is 16.2. The zero-order chi connectivity index (χ0) is 13.0. The summed E-state index contributed by atoms with van der Waals surface area (Å²) in [5.41, 5.74) is 0. The van der Waals surface area contributed by atoms with Gasteiger partial charge in [-0.2, -0.15) is 0 Å². The van der Waals surface area contributed by atoms with Gasteiger partial charge in [0.1, 0.15) is 5.82 Å².